The third-order valence-electron chi connectivity index (χ3n) is 4.51. The Labute approximate surface area is 169 Å². The molecule has 150 valence electrons. The van der Waals surface area contributed by atoms with Crippen molar-refractivity contribution in [2.45, 2.75) is 19.8 Å². The molecule has 0 amide bonds. The van der Waals surface area contributed by atoms with Crippen LogP contribution in [0.3, 0.4) is 0 Å². The van der Waals surface area contributed by atoms with Gasteiger partial charge in [-0.05, 0) is 62.2 Å². The van der Waals surface area contributed by atoms with Crippen molar-refractivity contribution in [2.24, 2.45) is 0 Å². The molecule has 0 atom stereocenters. The van der Waals surface area contributed by atoms with Crippen LogP contribution < -0.4 is 20.3 Å². The summed E-state index contributed by atoms with van der Waals surface area (Å²) in [4.78, 5) is 15.7. The van der Waals surface area contributed by atoms with Crippen LogP contribution in [0.4, 0.5) is 33.6 Å². The van der Waals surface area contributed by atoms with Crippen molar-refractivity contribution >= 4 is 29.2 Å². The molecule has 0 aliphatic carbocycles. The second-order valence-corrected chi connectivity index (χ2v) is 6.69. The summed E-state index contributed by atoms with van der Waals surface area (Å²) in [6.45, 7) is 4.39. The first-order chi connectivity index (χ1) is 14.2. The quantitative estimate of drug-likeness (QED) is 0.611. The van der Waals surface area contributed by atoms with Gasteiger partial charge < -0.3 is 20.3 Å². The van der Waals surface area contributed by atoms with E-state index in [1.165, 1.54) is 12.1 Å². The summed E-state index contributed by atoms with van der Waals surface area (Å²) in [5, 5.41) is 6.29. The number of benzene rings is 2. The molecule has 1 aliphatic rings. The lowest BCUT2D eigenvalue weighted by Gasteiger charge is -2.17. The Balaban J connectivity index is 1.60. The maximum atomic E-state index is 13.5. The van der Waals surface area contributed by atoms with Crippen LogP contribution in [0.5, 0.6) is 5.75 Å². The van der Waals surface area contributed by atoms with Gasteiger partial charge in [-0.25, -0.2) is 4.39 Å². The smallest absolute Gasteiger partial charge is 0.233 e. The van der Waals surface area contributed by atoms with E-state index in [1.54, 1.807) is 12.1 Å². The lowest BCUT2D eigenvalue weighted by atomic mass is 10.3. The van der Waals surface area contributed by atoms with E-state index in [9.17, 15) is 4.39 Å². The van der Waals surface area contributed by atoms with Crippen LogP contribution in [0.2, 0.25) is 0 Å². The SMILES string of the molecule is CCOc1ccc(Nc2nc(Nc3cccc(F)c3)nc(N3CCCC3)n2)cc1. The van der Waals surface area contributed by atoms with Crippen molar-refractivity contribution in [1.82, 2.24) is 15.0 Å². The molecule has 3 aromatic rings. The highest BCUT2D eigenvalue weighted by Gasteiger charge is 2.18. The number of rotatable bonds is 7. The largest absolute Gasteiger partial charge is 0.494 e. The Kier molecular flexibility index (Phi) is 5.69. The van der Waals surface area contributed by atoms with E-state index in [-0.39, 0.29) is 5.82 Å². The Bertz CT molecular complexity index is 960. The molecule has 0 radical (unpaired) electrons. The lowest BCUT2D eigenvalue weighted by molar-refractivity contribution is 0.340. The van der Waals surface area contributed by atoms with E-state index in [1.807, 2.05) is 31.2 Å². The van der Waals surface area contributed by atoms with Crippen molar-refractivity contribution in [3.05, 3.63) is 54.3 Å². The summed E-state index contributed by atoms with van der Waals surface area (Å²) in [5.41, 5.74) is 1.42. The minimum Gasteiger partial charge on any atom is -0.494 e. The predicted molar refractivity (Wildman–Crippen MR) is 112 cm³/mol. The molecule has 1 aromatic heterocycles. The minimum absolute atomic E-state index is 0.323. The first-order valence-corrected chi connectivity index (χ1v) is 9.73. The fraction of sp³-hybridized carbons (Fsp3) is 0.286. The van der Waals surface area contributed by atoms with Crippen LogP contribution in [0.25, 0.3) is 0 Å². The molecule has 7 nitrogen and oxygen atoms in total. The standard InChI is InChI=1S/C21H23FN6O/c1-2-29-18-10-8-16(9-11-18)23-19-25-20(24-17-7-5-6-15(22)14-17)27-21(26-19)28-12-3-4-13-28/h5-11,14H,2-4,12-13H2,1H3,(H2,23,24,25,26,27). The van der Waals surface area contributed by atoms with Gasteiger partial charge in [0, 0.05) is 24.5 Å². The maximum Gasteiger partial charge on any atom is 0.233 e. The van der Waals surface area contributed by atoms with Crippen LogP contribution in [-0.4, -0.2) is 34.6 Å². The molecule has 0 spiro atoms. The van der Waals surface area contributed by atoms with Crippen molar-refractivity contribution in [1.29, 1.82) is 0 Å². The van der Waals surface area contributed by atoms with Gasteiger partial charge in [0.05, 0.1) is 6.61 Å². The van der Waals surface area contributed by atoms with Crippen molar-refractivity contribution < 1.29 is 9.13 Å². The molecule has 2 heterocycles. The highest BCUT2D eigenvalue weighted by atomic mass is 19.1. The van der Waals surface area contributed by atoms with Crippen molar-refractivity contribution in [3.8, 4) is 5.75 Å². The first kappa shape index (κ1) is 18.9. The highest BCUT2D eigenvalue weighted by Crippen LogP contribution is 2.24. The molecule has 0 saturated carbocycles. The fourth-order valence-corrected chi connectivity index (χ4v) is 3.16. The molecular weight excluding hydrogens is 371 g/mol. The summed E-state index contributed by atoms with van der Waals surface area (Å²) in [6.07, 6.45) is 2.22. The molecule has 0 unspecified atom stereocenters. The van der Waals surface area contributed by atoms with Gasteiger partial charge in [0.15, 0.2) is 0 Å². The zero-order valence-corrected chi connectivity index (χ0v) is 16.2. The molecule has 2 N–H and O–H groups in total. The van der Waals surface area contributed by atoms with E-state index < -0.39 is 0 Å². The van der Waals surface area contributed by atoms with Gasteiger partial charge in [0.2, 0.25) is 17.8 Å². The second kappa shape index (κ2) is 8.72. The molecule has 1 saturated heterocycles. The van der Waals surface area contributed by atoms with Gasteiger partial charge in [-0.2, -0.15) is 15.0 Å². The Hall–Kier alpha value is -3.42. The molecule has 1 aliphatic heterocycles. The van der Waals surface area contributed by atoms with Gasteiger partial charge in [-0.15, -0.1) is 0 Å². The minimum atomic E-state index is -0.323. The molecule has 1 fully saturated rings. The summed E-state index contributed by atoms with van der Waals surface area (Å²) in [5.74, 6) is 1.87. The normalized spacial score (nSPS) is 13.4. The average Bonchev–Trinajstić information content (AvgIpc) is 3.25. The maximum absolute atomic E-state index is 13.5. The zero-order valence-electron chi connectivity index (χ0n) is 16.2. The Morgan fingerprint density at radius 2 is 1.62 bits per heavy atom. The van der Waals surface area contributed by atoms with Gasteiger partial charge in [-0.1, -0.05) is 6.07 Å². The number of hydrogen-bond donors (Lipinski definition) is 2. The number of hydrogen-bond acceptors (Lipinski definition) is 7. The van der Waals surface area contributed by atoms with Gasteiger partial charge in [0.1, 0.15) is 11.6 Å². The third kappa shape index (κ3) is 4.90. The van der Waals surface area contributed by atoms with E-state index in [4.69, 9.17) is 4.74 Å². The number of nitrogens with one attached hydrogen (secondary N) is 2. The number of halogens is 1. The van der Waals surface area contributed by atoms with Crippen LogP contribution in [-0.2, 0) is 0 Å². The average molecular weight is 394 g/mol. The Morgan fingerprint density at radius 3 is 2.28 bits per heavy atom. The van der Waals surface area contributed by atoms with E-state index in [2.05, 4.69) is 30.5 Å². The van der Waals surface area contributed by atoms with E-state index in [0.717, 1.165) is 37.4 Å². The summed E-state index contributed by atoms with van der Waals surface area (Å²) in [7, 11) is 0. The molecule has 2 aromatic carbocycles. The zero-order chi connectivity index (χ0) is 20.1. The second-order valence-electron chi connectivity index (χ2n) is 6.69. The number of aromatic nitrogens is 3. The molecule has 29 heavy (non-hydrogen) atoms. The predicted octanol–water partition coefficient (Wildman–Crippen LogP) is 4.50. The lowest BCUT2D eigenvalue weighted by Crippen LogP contribution is -2.21. The summed E-state index contributed by atoms with van der Waals surface area (Å²) in [6, 6.07) is 13.8. The monoisotopic (exact) mass is 394 g/mol. The number of ether oxygens (including phenoxy) is 1. The first-order valence-electron chi connectivity index (χ1n) is 9.73. The van der Waals surface area contributed by atoms with Gasteiger partial charge >= 0.3 is 0 Å². The molecule has 0 bridgehead atoms. The highest BCUT2D eigenvalue weighted by molar-refractivity contribution is 5.60. The van der Waals surface area contributed by atoms with Crippen LogP contribution >= 0.6 is 0 Å². The van der Waals surface area contributed by atoms with Gasteiger partial charge in [0.25, 0.3) is 0 Å². The molecule has 8 heteroatoms. The number of anilines is 5. The summed E-state index contributed by atoms with van der Waals surface area (Å²) >= 11 is 0. The molecular formula is C21H23FN6O. The van der Waals surface area contributed by atoms with Crippen LogP contribution in [0.15, 0.2) is 48.5 Å². The van der Waals surface area contributed by atoms with Gasteiger partial charge in [-0.3, -0.25) is 0 Å². The van der Waals surface area contributed by atoms with Crippen molar-refractivity contribution in [3.63, 3.8) is 0 Å². The Morgan fingerprint density at radius 1 is 0.931 bits per heavy atom. The topological polar surface area (TPSA) is 75.2 Å². The van der Waals surface area contributed by atoms with Crippen LogP contribution in [0, 0.1) is 5.82 Å². The number of nitrogens with zero attached hydrogens (tertiary/aromatic N) is 4. The van der Waals surface area contributed by atoms with E-state index in [0.29, 0.717) is 30.1 Å². The summed E-state index contributed by atoms with van der Waals surface area (Å²) < 4.78 is 19.0. The van der Waals surface area contributed by atoms with E-state index >= 15 is 0 Å². The fourth-order valence-electron chi connectivity index (χ4n) is 3.16. The van der Waals surface area contributed by atoms with Crippen molar-refractivity contribution in [2.75, 3.05) is 35.2 Å². The molecule has 4 rings (SSSR count). The van der Waals surface area contributed by atoms with Crippen LogP contribution in [0.1, 0.15) is 19.8 Å². The third-order valence-corrected chi connectivity index (χ3v) is 4.51.